The van der Waals surface area contributed by atoms with E-state index in [1.54, 1.807) is 0 Å². The molecule has 0 radical (unpaired) electrons. The van der Waals surface area contributed by atoms with Gasteiger partial charge in [-0.2, -0.15) is 0 Å². The van der Waals surface area contributed by atoms with E-state index in [9.17, 15) is 25.2 Å². The average Bonchev–Trinajstić information content (AvgIpc) is 3.28. The van der Waals surface area contributed by atoms with Crippen molar-refractivity contribution >= 4 is 5.97 Å². The van der Waals surface area contributed by atoms with Crippen LogP contribution in [0.15, 0.2) is 12.2 Å². The van der Waals surface area contributed by atoms with E-state index >= 15 is 0 Å². The van der Waals surface area contributed by atoms with Crippen LogP contribution in [0.25, 0.3) is 0 Å². The summed E-state index contributed by atoms with van der Waals surface area (Å²) in [6.07, 6.45) is 46.8. The third kappa shape index (κ3) is 36.7. The largest absolute Gasteiger partial charge is 0.457 e. The summed E-state index contributed by atoms with van der Waals surface area (Å²) >= 11 is 0. The summed E-state index contributed by atoms with van der Waals surface area (Å²) in [5.74, 6) is -0.307. The lowest BCUT2D eigenvalue weighted by Gasteiger charge is -2.39. The Hall–Kier alpha value is -1.07. The Bertz CT molecular complexity index is 977. The minimum absolute atomic E-state index is 0.108. The minimum atomic E-state index is -1.53. The first kappa shape index (κ1) is 59.9. The van der Waals surface area contributed by atoms with E-state index in [2.05, 4.69) is 26.0 Å². The molecule has 0 spiro atoms. The van der Waals surface area contributed by atoms with E-state index in [0.717, 1.165) is 32.1 Å². The number of hydrogen-bond acceptors (Lipinski definition) is 9. The van der Waals surface area contributed by atoms with E-state index in [4.69, 9.17) is 18.9 Å². The van der Waals surface area contributed by atoms with Crippen molar-refractivity contribution in [2.24, 2.45) is 0 Å². The normalized spacial score (nSPS) is 19.6. The van der Waals surface area contributed by atoms with Crippen LogP contribution in [-0.4, -0.2) is 89.6 Å². The van der Waals surface area contributed by atoms with Crippen LogP contribution < -0.4 is 0 Å². The second kappa shape index (κ2) is 46.1. The number of carbonyl (C=O) groups excluding carboxylic acids is 1. The molecule has 0 aromatic heterocycles. The summed E-state index contributed by atoms with van der Waals surface area (Å²) in [6.45, 7) is 4.61. The zero-order valence-electron chi connectivity index (χ0n) is 41.4. The summed E-state index contributed by atoms with van der Waals surface area (Å²) in [5.41, 5.74) is 0. The molecule has 1 aliphatic heterocycles. The van der Waals surface area contributed by atoms with Crippen molar-refractivity contribution in [3.63, 3.8) is 0 Å². The number of unbranched alkanes of at least 4 members (excludes halogenated alkanes) is 35. The molecule has 0 aromatic rings. The summed E-state index contributed by atoms with van der Waals surface area (Å²) in [5, 5.41) is 40.3. The Morgan fingerprint density at radius 2 is 0.873 bits per heavy atom. The van der Waals surface area contributed by atoms with Crippen LogP contribution in [0.1, 0.15) is 264 Å². The minimum Gasteiger partial charge on any atom is -0.457 e. The summed E-state index contributed by atoms with van der Waals surface area (Å²) < 4.78 is 22.9. The highest BCUT2D eigenvalue weighted by molar-refractivity contribution is 5.69. The van der Waals surface area contributed by atoms with E-state index in [0.29, 0.717) is 13.0 Å². The van der Waals surface area contributed by atoms with Gasteiger partial charge in [0.2, 0.25) is 0 Å². The van der Waals surface area contributed by atoms with E-state index < -0.39 is 43.4 Å². The number of allylic oxidation sites excluding steroid dienone is 2. The van der Waals surface area contributed by atoms with Gasteiger partial charge in [-0.05, 0) is 38.5 Å². The van der Waals surface area contributed by atoms with Crippen molar-refractivity contribution in [3.05, 3.63) is 12.2 Å². The molecule has 6 unspecified atom stereocenters. The van der Waals surface area contributed by atoms with Crippen molar-refractivity contribution in [2.45, 2.75) is 301 Å². The van der Waals surface area contributed by atoms with Gasteiger partial charge in [-0.25, -0.2) is 0 Å². The van der Waals surface area contributed by atoms with Gasteiger partial charge in [-0.1, -0.05) is 231 Å². The number of aliphatic hydroxyl groups excluding tert-OH is 4. The quantitative estimate of drug-likeness (QED) is 0.0267. The SMILES string of the molecule is CCCCCCCC/C=C\CCCCCCCCCCOCC(COC1OC(CO)C(O)C(O)C1O)OC(=O)CCCCCCCCCCCCCCCCCCCCCCCC. The summed E-state index contributed by atoms with van der Waals surface area (Å²) in [7, 11) is 0. The van der Waals surface area contributed by atoms with Crippen LogP contribution in [0, 0.1) is 0 Å². The molecule has 1 aliphatic rings. The number of rotatable bonds is 48. The maximum Gasteiger partial charge on any atom is 0.306 e. The molecule has 9 heteroatoms. The summed E-state index contributed by atoms with van der Waals surface area (Å²) in [4.78, 5) is 12.9. The molecule has 0 aliphatic carbocycles. The number of hydrogen-bond donors (Lipinski definition) is 4. The fourth-order valence-electron chi connectivity index (χ4n) is 8.67. The van der Waals surface area contributed by atoms with Gasteiger partial charge in [0, 0.05) is 13.0 Å². The zero-order chi connectivity index (χ0) is 45.7. The van der Waals surface area contributed by atoms with Crippen LogP contribution >= 0.6 is 0 Å². The van der Waals surface area contributed by atoms with Crippen LogP contribution in [0.5, 0.6) is 0 Å². The van der Waals surface area contributed by atoms with E-state index in [1.807, 2.05) is 0 Å². The molecule has 0 saturated carbocycles. The lowest BCUT2D eigenvalue weighted by molar-refractivity contribution is -0.305. The zero-order valence-corrected chi connectivity index (χ0v) is 41.4. The molecule has 1 fully saturated rings. The van der Waals surface area contributed by atoms with Gasteiger partial charge in [0.15, 0.2) is 6.29 Å². The average molecular weight is 897 g/mol. The molecule has 0 amide bonds. The molecule has 1 heterocycles. The van der Waals surface area contributed by atoms with E-state index in [-0.39, 0.29) is 19.2 Å². The second-order valence-corrected chi connectivity index (χ2v) is 19.0. The molecule has 6 atom stereocenters. The fraction of sp³-hybridized carbons (Fsp3) is 0.944. The van der Waals surface area contributed by atoms with Crippen molar-refractivity contribution in [2.75, 3.05) is 26.4 Å². The molecule has 63 heavy (non-hydrogen) atoms. The predicted octanol–water partition coefficient (Wildman–Crippen LogP) is 13.5. The van der Waals surface area contributed by atoms with Crippen molar-refractivity contribution in [1.82, 2.24) is 0 Å². The molecule has 0 bridgehead atoms. The first-order chi connectivity index (χ1) is 30.9. The monoisotopic (exact) mass is 897 g/mol. The first-order valence-electron chi connectivity index (χ1n) is 27.3. The summed E-state index contributed by atoms with van der Waals surface area (Å²) in [6, 6.07) is 0. The number of ether oxygens (including phenoxy) is 4. The van der Waals surface area contributed by atoms with Gasteiger partial charge in [-0.15, -0.1) is 0 Å². The molecule has 1 rings (SSSR count). The third-order valence-electron chi connectivity index (χ3n) is 12.9. The van der Waals surface area contributed by atoms with Crippen LogP contribution in [0.3, 0.4) is 0 Å². The second-order valence-electron chi connectivity index (χ2n) is 19.0. The van der Waals surface area contributed by atoms with Gasteiger partial charge in [0.05, 0.1) is 19.8 Å². The van der Waals surface area contributed by atoms with Gasteiger partial charge >= 0.3 is 5.97 Å². The Morgan fingerprint density at radius 3 is 1.29 bits per heavy atom. The highest BCUT2D eigenvalue weighted by Crippen LogP contribution is 2.23. The van der Waals surface area contributed by atoms with E-state index in [1.165, 1.54) is 212 Å². The standard InChI is InChI=1S/C54H104O9/c1-3-5-7-9-11-13-15-17-19-21-23-24-25-26-27-29-31-33-35-37-39-41-43-50(56)62-48(47-61-54-53(59)52(58)51(57)49(45-55)63-54)46-60-44-42-40-38-36-34-32-30-28-22-20-18-16-14-12-10-8-6-4-2/h18,20,48-49,51-55,57-59H,3-17,19,21-47H2,1-2H3/b20-18-. The fourth-order valence-corrected chi connectivity index (χ4v) is 8.67. The molecule has 374 valence electrons. The topological polar surface area (TPSA) is 135 Å². The van der Waals surface area contributed by atoms with Crippen LogP contribution in [0.2, 0.25) is 0 Å². The van der Waals surface area contributed by atoms with Crippen LogP contribution in [0.4, 0.5) is 0 Å². The molecule has 0 aromatic carbocycles. The predicted molar refractivity (Wildman–Crippen MR) is 261 cm³/mol. The number of carbonyl (C=O) groups is 1. The van der Waals surface area contributed by atoms with Crippen molar-refractivity contribution in [1.29, 1.82) is 0 Å². The Labute approximate surface area is 388 Å². The highest BCUT2D eigenvalue weighted by Gasteiger charge is 2.44. The highest BCUT2D eigenvalue weighted by atomic mass is 16.7. The molecule has 4 N–H and O–H groups in total. The number of aliphatic hydroxyl groups is 4. The lowest BCUT2D eigenvalue weighted by atomic mass is 9.99. The van der Waals surface area contributed by atoms with Crippen molar-refractivity contribution in [3.8, 4) is 0 Å². The molecular weight excluding hydrogens is 793 g/mol. The molecule has 9 nitrogen and oxygen atoms in total. The van der Waals surface area contributed by atoms with Crippen LogP contribution in [-0.2, 0) is 23.7 Å². The number of esters is 1. The lowest BCUT2D eigenvalue weighted by Crippen LogP contribution is -2.59. The Kier molecular flexibility index (Phi) is 43.8. The Balaban J connectivity index is 2.16. The first-order valence-corrected chi connectivity index (χ1v) is 27.3. The van der Waals surface area contributed by atoms with Crippen molar-refractivity contribution < 1.29 is 44.2 Å². The van der Waals surface area contributed by atoms with Gasteiger partial charge in [0.25, 0.3) is 0 Å². The molecule has 1 saturated heterocycles. The van der Waals surface area contributed by atoms with Gasteiger partial charge < -0.3 is 39.4 Å². The maximum atomic E-state index is 12.9. The Morgan fingerprint density at radius 1 is 0.492 bits per heavy atom. The van der Waals surface area contributed by atoms with Gasteiger partial charge in [0.1, 0.15) is 30.5 Å². The third-order valence-corrected chi connectivity index (χ3v) is 12.9. The van der Waals surface area contributed by atoms with Gasteiger partial charge in [-0.3, -0.25) is 4.79 Å². The maximum absolute atomic E-state index is 12.9. The smallest absolute Gasteiger partial charge is 0.306 e. The molecular formula is C54H104O9.